The molecule has 168 valence electrons. The highest BCUT2D eigenvalue weighted by Gasteiger charge is 2.27. The average molecular weight is 463 g/mol. The third-order valence-electron chi connectivity index (χ3n) is 4.91. The van der Waals surface area contributed by atoms with E-state index in [2.05, 4.69) is 35.5 Å². The highest BCUT2D eigenvalue weighted by atomic mass is 35.5. The molecule has 1 aromatic carbocycles. The second-order valence-corrected chi connectivity index (χ2v) is 7.62. The number of alkyl halides is 3. The number of carbonyl (C=O) groups is 1. The van der Waals surface area contributed by atoms with Crippen LogP contribution in [0, 0.1) is 0 Å². The third kappa shape index (κ3) is 5.51. The zero-order chi connectivity index (χ0) is 22.6. The maximum absolute atomic E-state index is 12.8. The second kappa shape index (κ2) is 9.49. The molecule has 3 aromatic rings. The van der Waals surface area contributed by atoms with Crippen LogP contribution in [0.2, 0.25) is 0 Å². The number of amides is 1. The van der Waals surface area contributed by atoms with E-state index >= 15 is 0 Å². The van der Waals surface area contributed by atoms with Gasteiger partial charge in [-0.2, -0.15) is 5.10 Å². The van der Waals surface area contributed by atoms with Gasteiger partial charge < -0.3 is 20.3 Å². The summed E-state index contributed by atoms with van der Waals surface area (Å²) >= 11 is 4.76. The Morgan fingerprint density at radius 2 is 2.00 bits per heavy atom. The number of ether oxygens (including phenoxy) is 1. The molecule has 11 heteroatoms. The van der Waals surface area contributed by atoms with Crippen LogP contribution in [0.5, 0.6) is 5.75 Å². The lowest BCUT2D eigenvalue weighted by molar-refractivity contribution is -0.0964. The van der Waals surface area contributed by atoms with Crippen molar-refractivity contribution >= 4 is 29.0 Å². The fourth-order valence-corrected chi connectivity index (χ4v) is 3.53. The Kier molecular flexibility index (Phi) is 6.52. The van der Waals surface area contributed by atoms with Crippen LogP contribution < -0.4 is 20.3 Å². The largest absolute Gasteiger partial charge is 0.487 e. The van der Waals surface area contributed by atoms with Crippen LogP contribution in [-0.2, 0) is 0 Å². The van der Waals surface area contributed by atoms with Crippen molar-refractivity contribution in [3.05, 3.63) is 54.4 Å². The van der Waals surface area contributed by atoms with Crippen molar-refractivity contribution in [2.75, 3.05) is 36.4 Å². The number of H-pyrrole nitrogens is 1. The van der Waals surface area contributed by atoms with Gasteiger partial charge in [0.25, 0.3) is 5.91 Å². The van der Waals surface area contributed by atoms with Crippen molar-refractivity contribution in [2.45, 2.75) is 12.0 Å². The number of halogens is 3. The van der Waals surface area contributed by atoms with Crippen LogP contribution in [0.4, 0.5) is 20.3 Å². The highest BCUT2D eigenvalue weighted by molar-refractivity contribution is 6.20. The Morgan fingerprint density at radius 3 is 2.72 bits per heavy atom. The van der Waals surface area contributed by atoms with Crippen molar-refractivity contribution in [3.63, 3.8) is 0 Å². The normalized spacial score (nSPS) is 14.7. The van der Waals surface area contributed by atoms with E-state index in [1.807, 2.05) is 6.07 Å². The van der Waals surface area contributed by atoms with Gasteiger partial charge in [0, 0.05) is 54.9 Å². The summed E-state index contributed by atoms with van der Waals surface area (Å²) in [6.45, 7) is 3.45. The number of anilines is 2. The predicted octanol–water partition coefficient (Wildman–Crippen LogP) is 3.69. The molecule has 3 N–H and O–H groups in total. The van der Waals surface area contributed by atoms with Gasteiger partial charge in [0.05, 0.1) is 11.3 Å². The molecule has 0 aliphatic carbocycles. The highest BCUT2D eigenvalue weighted by Crippen LogP contribution is 2.30. The number of aromatic nitrogens is 3. The molecule has 0 unspecified atom stereocenters. The van der Waals surface area contributed by atoms with Crippen LogP contribution >= 0.6 is 11.6 Å². The monoisotopic (exact) mass is 462 g/mol. The fourth-order valence-electron chi connectivity index (χ4n) is 3.44. The van der Waals surface area contributed by atoms with Crippen LogP contribution in [0.3, 0.4) is 0 Å². The lowest BCUT2D eigenvalue weighted by Gasteiger charge is -2.24. The first kappa shape index (κ1) is 22.0. The predicted molar refractivity (Wildman–Crippen MR) is 117 cm³/mol. The third-order valence-corrected chi connectivity index (χ3v) is 4.98. The van der Waals surface area contributed by atoms with Gasteiger partial charge in [-0.1, -0.05) is 0 Å². The molecule has 0 atom stereocenters. The lowest BCUT2D eigenvalue weighted by Crippen LogP contribution is -2.29. The summed E-state index contributed by atoms with van der Waals surface area (Å²) in [6.07, 6.45) is 4.15. The number of pyridine rings is 1. The fraction of sp³-hybridized carbons (Fsp3) is 0.286. The minimum absolute atomic E-state index is 0.123. The summed E-state index contributed by atoms with van der Waals surface area (Å²) in [6, 6.07) is 9.04. The molecule has 0 saturated carbocycles. The number of nitrogens with zero attached hydrogens (tertiary/aromatic N) is 3. The Bertz CT molecular complexity index is 1050. The molecular formula is C21H21ClF2N6O2. The summed E-state index contributed by atoms with van der Waals surface area (Å²) in [7, 11) is 0. The Balaban J connectivity index is 1.55. The number of rotatable bonds is 6. The molecule has 0 radical (unpaired) electrons. The van der Waals surface area contributed by atoms with Crippen molar-refractivity contribution < 1.29 is 18.3 Å². The van der Waals surface area contributed by atoms with Crippen LogP contribution in [0.1, 0.15) is 16.8 Å². The Hall–Kier alpha value is -3.24. The first-order chi connectivity index (χ1) is 15.4. The molecule has 8 nitrogen and oxygen atoms in total. The van der Waals surface area contributed by atoms with E-state index in [0.29, 0.717) is 11.3 Å². The molecule has 0 bridgehead atoms. The van der Waals surface area contributed by atoms with Gasteiger partial charge in [-0.05, 0) is 49.4 Å². The van der Waals surface area contributed by atoms with Crippen LogP contribution in [0.15, 0.2) is 48.8 Å². The van der Waals surface area contributed by atoms with E-state index in [4.69, 9.17) is 11.6 Å². The van der Waals surface area contributed by atoms with E-state index in [0.717, 1.165) is 49.7 Å². The maximum Gasteiger partial charge on any atom is 0.487 e. The van der Waals surface area contributed by atoms with Gasteiger partial charge in [-0.25, -0.2) is 4.98 Å². The van der Waals surface area contributed by atoms with E-state index in [1.54, 1.807) is 12.3 Å². The van der Waals surface area contributed by atoms with E-state index in [1.165, 1.54) is 30.5 Å². The van der Waals surface area contributed by atoms with Crippen molar-refractivity contribution in [1.29, 1.82) is 0 Å². The molecule has 3 heterocycles. The molecule has 0 spiro atoms. The minimum Gasteiger partial charge on any atom is -0.420 e. The minimum atomic E-state index is -3.80. The van der Waals surface area contributed by atoms with Crippen molar-refractivity contribution in [3.8, 4) is 17.0 Å². The van der Waals surface area contributed by atoms with Crippen molar-refractivity contribution in [2.24, 2.45) is 0 Å². The van der Waals surface area contributed by atoms with E-state index in [9.17, 15) is 13.6 Å². The van der Waals surface area contributed by atoms with E-state index < -0.39 is 11.5 Å². The van der Waals surface area contributed by atoms with Gasteiger partial charge in [-0.15, -0.1) is 8.78 Å². The quantitative estimate of drug-likeness (QED) is 0.484. The topological polar surface area (TPSA) is 95.2 Å². The zero-order valence-electron chi connectivity index (χ0n) is 16.9. The molecule has 1 saturated heterocycles. The van der Waals surface area contributed by atoms with E-state index in [-0.39, 0.29) is 5.75 Å². The summed E-state index contributed by atoms with van der Waals surface area (Å²) < 4.78 is 29.7. The van der Waals surface area contributed by atoms with Crippen LogP contribution in [-0.4, -0.2) is 52.8 Å². The summed E-state index contributed by atoms with van der Waals surface area (Å²) in [5, 5.41) is 13.0. The maximum atomic E-state index is 12.8. The molecule has 4 rings (SSSR count). The number of hydrogen-bond donors (Lipinski definition) is 3. The second-order valence-electron chi connectivity index (χ2n) is 7.18. The molecule has 2 aromatic heterocycles. The SMILES string of the molecule is O=C(Nc1ccc(OC(F)(F)Cl)cc1)c1cnc(N2CCCNCC2)c(-c2ccn[nH]2)c1. The Morgan fingerprint density at radius 1 is 1.19 bits per heavy atom. The molecule has 1 aliphatic rings. The average Bonchev–Trinajstić information content (AvgIpc) is 3.16. The summed E-state index contributed by atoms with van der Waals surface area (Å²) in [4.78, 5) is 19.6. The zero-order valence-corrected chi connectivity index (χ0v) is 17.7. The number of benzene rings is 1. The lowest BCUT2D eigenvalue weighted by atomic mass is 10.1. The number of hydrogen-bond acceptors (Lipinski definition) is 6. The summed E-state index contributed by atoms with van der Waals surface area (Å²) in [5.41, 5.74) is -1.53. The van der Waals surface area contributed by atoms with Crippen molar-refractivity contribution in [1.82, 2.24) is 20.5 Å². The van der Waals surface area contributed by atoms with Crippen LogP contribution in [0.25, 0.3) is 11.3 Å². The van der Waals surface area contributed by atoms with Gasteiger partial charge in [0.15, 0.2) is 0 Å². The standard InChI is InChI=1S/C21H21ClF2N6O2/c22-21(23,24)32-16-4-2-15(3-5-16)28-20(31)14-12-17(18-6-8-27-29-18)19(26-13-14)30-10-1-7-25-9-11-30/h2-6,8,12-13,25H,1,7,9-11H2,(H,27,29)(H,28,31). The number of aromatic amines is 1. The number of carbonyl (C=O) groups excluding carboxylic acids is 1. The number of nitrogens with one attached hydrogen (secondary N) is 3. The first-order valence-corrected chi connectivity index (χ1v) is 10.4. The smallest absolute Gasteiger partial charge is 0.420 e. The molecular weight excluding hydrogens is 442 g/mol. The summed E-state index contributed by atoms with van der Waals surface area (Å²) in [5.74, 6) is 0.263. The Labute approximate surface area is 187 Å². The molecule has 1 amide bonds. The molecule has 1 fully saturated rings. The van der Waals surface area contributed by atoms with Gasteiger partial charge in [0.1, 0.15) is 11.6 Å². The first-order valence-electron chi connectivity index (χ1n) is 10.0. The van der Waals surface area contributed by atoms with Gasteiger partial charge in [-0.3, -0.25) is 9.89 Å². The van der Waals surface area contributed by atoms with Gasteiger partial charge in [0.2, 0.25) is 0 Å². The molecule has 1 aliphatic heterocycles. The van der Waals surface area contributed by atoms with Gasteiger partial charge >= 0.3 is 5.57 Å². The molecule has 32 heavy (non-hydrogen) atoms.